The van der Waals surface area contributed by atoms with Gasteiger partial charge in [-0.25, -0.2) is 9.37 Å². The summed E-state index contributed by atoms with van der Waals surface area (Å²) in [5.41, 5.74) is 0.683. The Morgan fingerprint density at radius 1 is 1.10 bits per heavy atom. The van der Waals surface area contributed by atoms with E-state index in [1.165, 1.54) is 24.0 Å². The molecule has 0 saturated heterocycles. The molecule has 0 saturated carbocycles. The summed E-state index contributed by atoms with van der Waals surface area (Å²) < 4.78 is 31.9. The lowest BCUT2D eigenvalue weighted by Crippen LogP contribution is -2.29. The number of rotatable bonds is 10. The number of anilines is 1. The maximum Gasteiger partial charge on any atom is 0.297 e. The van der Waals surface area contributed by atoms with E-state index in [0.717, 1.165) is 36.7 Å². The van der Waals surface area contributed by atoms with Crippen LogP contribution in [-0.4, -0.2) is 29.9 Å². The summed E-state index contributed by atoms with van der Waals surface area (Å²) in [6, 6.07) is 7.90. The van der Waals surface area contributed by atoms with Gasteiger partial charge in [0.1, 0.15) is 11.4 Å². The van der Waals surface area contributed by atoms with Gasteiger partial charge in [0.15, 0.2) is 27.8 Å². The first kappa shape index (κ1) is 27.5. The van der Waals surface area contributed by atoms with Crippen LogP contribution >= 0.6 is 11.3 Å². The molecule has 3 heterocycles. The number of Topliss-reactive ketones (excluding diaryl/α,β-unsaturated/α-hetero) is 1. The van der Waals surface area contributed by atoms with E-state index in [0.29, 0.717) is 40.8 Å². The number of ether oxygens (including phenoxy) is 2. The second kappa shape index (κ2) is 11.2. The van der Waals surface area contributed by atoms with E-state index >= 15 is 0 Å². The van der Waals surface area contributed by atoms with E-state index in [1.54, 1.807) is 25.1 Å². The number of amides is 1. The lowest BCUT2D eigenvalue weighted by molar-refractivity contribution is 0.0969. The summed E-state index contributed by atoms with van der Waals surface area (Å²) in [6.45, 7) is 7.99. The highest BCUT2D eigenvalue weighted by atomic mass is 32.1. The minimum Gasteiger partial charge on any atom is -0.490 e. The maximum atomic E-state index is 14.1. The number of fused-ring (bicyclic) bond motifs is 2. The van der Waals surface area contributed by atoms with Crippen LogP contribution in [0.3, 0.4) is 0 Å². The van der Waals surface area contributed by atoms with Crippen LogP contribution in [-0.2, 0) is 0 Å². The minimum absolute atomic E-state index is 0.0269. The van der Waals surface area contributed by atoms with E-state index in [9.17, 15) is 18.8 Å². The molecule has 0 N–H and O–H groups in total. The van der Waals surface area contributed by atoms with Gasteiger partial charge in [0.25, 0.3) is 5.91 Å². The second-order valence-electron chi connectivity index (χ2n) is 9.55. The number of hydrogen-bond donors (Lipinski definition) is 0. The highest BCUT2D eigenvalue weighted by Crippen LogP contribution is 2.45. The van der Waals surface area contributed by atoms with Crippen molar-refractivity contribution in [1.82, 2.24) is 4.98 Å². The monoisotopic (exact) mass is 564 g/mol. The fourth-order valence-corrected chi connectivity index (χ4v) is 5.88. The number of hydrogen-bond acceptors (Lipinski definition) is 8. The Morgan fingerprint density at radius 3 is 2.60 bits per heavy atom. The van der Waals surface area contributed by atoms with Crippen LogP contribution in [0.4, 0.5) is 9.52 Å². The molecule has 40 heavy (non-hydrogen) atoms. The van der Waals surface area contributed by atoms with Gasteiger partial charge in [-0.3, -0.25) is 19.3 Å². The van der Waals surface area contributed by atoms with Gasteiger partial charge in [-0.2, -0.15) is 0 Å². The van der Waals surface area contributed by atoms with Crippen LogP contribution in [0.2, 0.25) is 0 Å². The van der Waals surface area contributed by atoms with Gasteiger partial charge < -0.3 is 13.9 Å². The molecule has 0 aliphatic carbocycles. The second-order valence-corrected chi connectivity index (χ2v) is 10.5. The van der Waals surface area contributed by atoms with Crippen LogP contribution in [0.25, 0.3) is 11.0 Å². The predicted octanol–water partition coefficient (Wildman–Crippen LogP) is 6.62. The lowest BCUT2D eigenvalue weighted by Gasteiger charge is -2.23. The van der Waals surface area contributed by atoms with E-state index in [2.05, 4.69) is 11.9 Å². The number of nitrogens with zero attached hydrogens (tertiary/aromatic N) is 2. The summed E-state index contributed by atoms with van der Waals surface area (Å²) in [5, 5.41) is 0.274. The average Bonchev–Trinajstić information content (AvgIpc) is 3.45. The number of thiazole rings is 1. The Bertz CT molecular complexity index is 1680. The van der Waals surface area contributed by atoms with E-state index in [1.807, 2.05) is 6.92 Å². The number of halogens is 1. The molecule has 1 atom stereocenters. The normalized spacial score (nSPS) is 14.6. The molecular formula is C30H29FN2O6S. The highest BCUT2D eigenvalue weighted by molar-refractivity contribution is 7.17. The van der Waals surface area contributed by atoms with Crippen LogP contribution in [0.1, 0.15) is 83.1 Å². The summed E-state index contributed by atoms with van der Waals surface area (Å²) in [7, 11) is 0. The van der Waals surface area contributed by atoms with Gasteiger partial charge in [-0.15, -0.1) is 0 Å². The van der Waals surface area contributed by atoms with Gasteiger partial charge in [0, 0.05) is 6.92 Å². The van der Waals surface area contributed by atoms with Crippen molar-refractivity contribution in [3.63, 3.8) is 0 Å². The summed E-state index contributed by atoms with van der Waals surface area (Å²) >= 11 is 1.07. The first-order chi connectivity index (χ1) is 19.2. The number of carbonyl (C=O) groups excluding carboxylic acids is 2. The molecular weight excluding hydrogens is 535 g/mol. The fraction of sp³-hybridized carbons (Fsp3) is 0.333. The SMILES string of the molecule is CCCCCOc1ccc(C2c3c(oc4ccc(F)cc4c3=O)C(=O)N2c2nc(C)c(C(C)=O)s2)cc1OCC. The Morgan fingerprint density at radius 2 is 1.90 bits per heavy atom. The molecule has 0 fully saturated rings. The van der Waals surface area contributed by atoms with Gasteiger partial charge in [-0.05, 0) is 56.2 Å². The molecule has 5 rings (SSSR count). The van der Waals surface area contributed by atoms with Crippen LogP contribution in [0.15, 0.2) is 45.6 Å². The lowest BCUT2D eigenvalue weighted by atomic mass is 9.98. The van der Waals surface area contributed by atoms with E-state index in [-0.39, 0.29) is 33.2 Å². The third-order valence-electron chi connectivity index (χ3n) is 6.73. The van der Waals surface area contributed by atoms with Crippen molar-refractivity contribution >= 4 is 39.1 Å². The molecule has 2 aromatic carbocycles. The molecule has 8 nitrogen and oxygen atoms in total. The number of carbonyl (C=O) groups is 2. The molecule has 1 aliphatic heterocycles. The largest absolute Gasteiger partial charge is 0.490 e. The molecule has 0 radical (unpaired) electrons. The van der Waals surface area contributed by atoms with Crippen LogP contribution in [0, 0.1) is 12.7 Å². The predicted molar refractivity (Wildman–Crippen MR) is 151 cm³/mol. The van der Waals surface area contributed by atoms with Gasteiger partial charge in [0.05, 0.1) is 40.8 Å². The summed E-state index contributed by atoms with van der Waals surface area (Å²) in [5.74, 6) is -0.486. The zero-order valence-corrected chi connectivity index (χ0v) is 23.5. The van der Waals surface area contributed by atoms with Crippen molar-refractivity contribution < 1.29 is 27.9 Å². The van der Waals surface area contributed by atoms with Crippen molar-refractivity contribution in [2.45, 2.75) is 53.0 Å². The average molecular weight is 565 g/mol. The fourth-order valence-electron chi connectivity index (χ4n) is 4.89. The molecule has 1 aliphatic rings. The highest BCUT2D eigenvalue weighted by Gasteiger charge is 2.45. The topological polar surface area (TPSA) is 98.9 Å². The van der Waals surface area contributed by atoms with Crippen molar-refractivity contribution in [3.8, 4) is 11.5 Å². The van der Waals surface area contributed by atoms with Crippen LogP contribution < -0.4 is 19.8 Å². The number of unbranched alkanes of at least 4 members (excludes halogenated alkanes) is 2. The van der Waals surface area contributed by atoms with E-state index in [4.69, 9.17) is 13.9 Å². The van der Waals surface area contributed by atoms with Crippen molar-refractivity contribution in [2.75, 3.05) is 18.1 Å². The van der Waals surface area contributed by atoms with Crippen molar-refractivity contribution in [3.05, 3.63) is 79.9 Å². The Kier molecular flexibility index (Phi) is 7.71. The van der Waals surface area contributed by atoms with Gasteiger partial charge >= 0.3 is 0 Å². The maximum absolute atomic E-state index is 14.1. The molecule has 0 spiro atoms. The van der Waals surface area contributed by atoms with Gasteiger partial charge in [-0.1, -0.05) is 37.2 Å². The van der Waals surface area contributed by atoms with Crippen LogP contribution in [0.5, 0.6) is 11.5 Å². The Hall–Kier alpha value is -4.05. The number of benzene rings is 2. The molecule has 10 heteroatoms. The van der Waals surface area contributed by atoms with Gasteiger partial charge in [0.2, 0.25) is 5.76 Å². The van der Waals surface area contributed by atoms with Crippen molar-refractivity contribution in [1.29, 1.82) is 0 Å². The Balaban J connectivity index is 1.70. The molecule has 0 bridgehead atoms. The third-order valence-corrected chi connectivity index (χ3v) is 7.99. The Labute approximate surface area is 234 Å². The number of aromatic nitrogens is 1. The quantitative estimate of drug-likeness (QED) is 0.158. The number of aryl methyl sites for hydroxylation is 1. The van der Waals surface area contributed by atoms with E-state index < -0.39 is 23.2 Å². The van der Waals surface area contributed by atoms with Crippen molar-refractivity contribution in [2.24, 2.45) is 0 Å². The summed E-state index contributed by atoms with van der Waals surface area (Å²) in [6.07, 6.45) is 3.00. The molecule has 1 unspecified atom stereocenters. The zero-order chi connectivity index (χ0) is 28.6. The third kappa shape index (κ3) is 4.88. The molecule has 1 amide bonds. The minimum atomic E-state index is -0.954. The molecule has 208 valence electrons. The smallest absolute Gasteiger partial charge is 0.297 e. The zero-order valence-electron chi connectivity index (χ0n) is 22.7. The summed E-state index contributed by atoms with van der Waals surface area (Å²) in [4.78, 5) is 46.2. The first-order valence-electron chi connectivity index (χ1n) is 13.2. The molecule has 2 aromatic heterocycles. The molecule has 4 aromatic rings. The first-order valence-corrected chi connectivity index (χ1v) is 14.0. The standard InChI is InChI=1S/C30H29FN2O6S/c1-5-7-8-13-38-22-11-9-18(14-23(22)37-6-2)25-24-26(35)20-15-19(31)10-12-21(20)39-27(24)29(36)33(25)30-32-16(3)28(40-30)17(4)34/h9-12,14-15,25H,5-8,13H2,1-4H3. The number of ketones is 1.